The van der Waals surface area contributed by atoms with Gasteiger partial charge in [-0.2, -0.15) is 0 Å². The molecule has 11 rings (SSSR count). The second kappa shape index (κ2) is 13.5. The largest absolute Gasteiger partial charge is 0.435 e. The Labute approximate surface area is 328 Å². The summed E-state index contributed by atoms with van der Waals surface area (Å²) < 4.78 is 6.49. The van der Waals surface area contributed by atoms with E-state index in [1.165, 1.54) is 16.2 Å². The monoisotopic (exact) mass is 728 g/mol. The molecule has 266 valence electrons. The SMILES string of the molecule is c1ccc(-c2nc3ccc4cccc(-c5ccc(-c6nc(-c7ccc8ccc9ccccc9c8c7)nc(-c7ccccc7-c7ccccc7)n6)cc5)c4c3o2)cc1. The standard InChI is InChI=1S/C52H32N4O/c1-3-12-33(13-4-1)41-18-9-10-20-44(41)51-55-49(54-50(56-51)40-29-26-36-23-22-34-14-7-8-19-42(34)45(36)32-40)38-27-24-35(25-28-38)43-21-11-17-37-30-31-46-48(47(37)43)57-52(53-46)39-15-5-2-6-16-39/h1-32H. The van der Waals surface area contributed by atoms with Crippen LogP contribution in [0.15, 0.2) is 199 Å². The molecule has 0 unspecified atom stereocenters. The van der Waals surface area contributed by atoms with Crippen LogP contribution in [-0.4, -0.2) is 19.9 Å². The van der Waals surface area contributed by atoms with Crippen LogP contribution in [0.5, 0.6) is 0 Å². The number of hydrogen-bond acceptors (Lipinski definition) is 5. The third-order valence-electron chi connectivity index (χ3n) is 10.8. The van der Waals surface area contributed by atoms with Gasteiger partial charge in [0.15, 0.2) is 23.1 Å². The van der Waals surface area contributed by atoms with Gasteiger partial charge < -0.3 is 4.42 Å². The lowest BCUT2D eigenvalue weighted by Crippen LogP contribution is -2.01. The molecule has 0 fully saturated rings. The predicted molar refractivity (Wildman–Crippen MR) is 233 cm³/mol. The molecule has 0 aliphatic carbocycles. The van der Waals surface area contributed by atoms with E-state index in [1.54, 1.807) is 0 Å². The van der Waals surface area contributed by atoms with E-state index < -0.39 is 0 Å². The molecular formula is C52H32N4O. The first-order chi connectivity index (χ1) is 28.2. The molecule has 9 aromatic carbocycles. The van der Waals surface area contributed by atoms with Crippen LogP contribution < -0.4 is 0 Å². The van der Waals surface area contributed by atoms with Gasteiger partial charge in [-0.1, -0.05) is 170 Å². The molecule has 0 aliphatic heterocycles. The van der Waals surface area contributed by atoms with Crippen LogP contribution >= 0.6 is 0 Å². The lowest BCUT2D eigenvalue weighted by Gasteiger charge is -2.13. The Balaban J connectivity index is 1.06. The highest BCUT2D eigenvalue weighted by Crippen LogP contribution is 2.38. The lowest BCUT2D eigenvalue weighted by atomic mass is 9.96. The second-order valence-electron chi connectivity index (χ2n) is 14.2. The van der Waals surface area contributed by atoms with Crippen molar-refractivity contribution in [3.05, 3.63) is 194 Å². The fourth-order valence-corrected chi connectivity index (χ4v) is 7.94. The Bertz CT molecular complexity index is 3280. The summed E-state index contributed by atoms with van der Waals surface area (Å²) in [5, 5.41) is 6.85. The summed E-state index contributed by atoms with van der Waals surface area (Å²) in [6, 6.07) is 67.1. The van der Waals surface area contributed by atoms with Crippen LogP contribution in [-0.2, 0) is 0 Å². The third kappa shape index (κ3) is 5.81. The van der Waals surface area contributed by atoms with Crippen molar-refractivity contribution >= 4 is 43.4 Å². The van der Waals surface area contributed by atoms with Gasteiger partial charge >= 0.3 is 0 Å². The summed E-state index contributed by atoms with van der Waals surface area (Å²) >= 11 is 0. The fraction of sp³-hybridized carbons (Fsp3) is 0. The van der Waals surface area contributed by atoms with Crippen molar-refractivity contribution < 1.29 is 4.42 Å². The van der Waals surface area contributed by atoms with Gasteiger partial charge in [0.1, 0.15) is 5.52 Å². The minimum atomic E-state index is 0.602. The molecule has 57 heavy (non-hydrogen) atoms. The van der Waals surface area contributed by atoms with E-state index in [9.17, 15) is 0 Å². The van der Waals surface area contributed by atoms with Crippen LogP contribution in [0.2, 0.25) is 0 Å². The van der Waals surface area contributed by atoms with Crippen LogP contribution in [0.1, 0.15) is 0 Å². The number of aromatic nitrogens is 4. The average molecular weight is 729 g/mol. The topological polar surface area (TPSA) is 64.7 Å². The molecule has 0 radical (unpaired) electrons. The Hall–Kier alpha value is -7.76. The minimum Gasteiger partial charge on any atom is -0.435 e. The van der Waals surface area contributed by atoms with E-state index in [0.29, 0.717) is 23.4 Å². The van der Waals surface area contributed by atoms with Gasteiger partial charge in [-0.25, -0.2) is 19.9 Å². The van der Waals surface area contributed by atoms with Gasteiger partial charge in [0.2, 0.25) is 5.89 Å². The second-order valence-corrected chi connectivity index (χ2v) is 14.2. The van der Waals surface area contributed by atoms with Gasteiger partial charge in [-0.3, -0.25) is 0 Å². The number of rotatable bonds is 6. The number of nitrogens with zero attached hydrogens (tertiary/aromatic N) is 4. The van der Waals surface area contributed by atoms with Crippen LogP contribution in [0.25, 0.3) is 111 Å². The van der Waals surface area contributed by atoms with Crippen LogP contribution in [0.4, 0.5) is 0 Å². The van der Waals surface area contributed by atoms with Crippen molar-refractivity contribution in [3.63, 3.8) is 0 Å². The number of fused-ring (bicyclic) bond motifs is 6. The molecule has 0 saturated carbocycles. The maximum absolute atomic E-state index is 6.49. The van der Waals surface area contributed by atoms with Crippen molar-refractivity contribution in [1.29, 1.82) is 0 Å². The van der Waals surface area contributed by atoms with E-state index >= 15 is 0 Å². The number of oxazole rings is 1. The van der Waals surface area contributed by atoms with Crippen molar-refractivity contribution in [3.8, 4) is 67.9 Å². The zero-order chi connectivity index (χ0) is 37.7. The minimum absolute atomic E-state index is 0.602. The Morgan fingerprint density at radius 3 is 1.67 bits per heavy atom. The first kappa shape index (κ1) is 32.7. The smallest absolute Gasteiger partial charge is 0.227 e. The van der Waals surface area contributed by atoms with Gasteiger partial charge in [0, 0.05) is 27.6 Å². The Kier molecular flexibility index (Phi) is 7.74. The lowest BCUT2D eigenvalue weighted by molar-refractivity contribution is 0.623. The molecule has 0 aliphatic rings. The molecule has 5 heteroatoms. The number of hydrogen-bond donors (Lipinski definition) is 0. The van der Waals surface area contributed by atoms with E-state index in [4.69, 9.17) is 24.4 Å². The van der Waals surface area contributed by atoms with Crippen molar-refractivity contribution in [1.82, 2.24) is 19.9 Å². The van der Waals surface area contributed by atoms with E-state index in [1.807, 2.05) is 48.5 Å². The summed E-state index contributed by atoms with van der Waals surface area (Å²) in [6.07, 6.45) is 0. The highest BCUT2D eigenvalue weighted by molar-refractivity contribution is 6.11. The highest BCUT2D eigenvalue weighted by atomic mass is 16.3. The van der Waals surface area contributed by atoms with E-state index in [2.05, 4.69) is 146 Å². The summed E-state index contributed by atoms with van der Waals surface area (Å²) in [6.45, 7) is 0. The van der Waals surface area contributed by atoms with E-state index in [-0.39, 0.29) is 0 Å². The molecule has 5 nitrogen and oxygen atoms in total. The van der Waals surface area contributed by atoms with Crippen LogP contribution in [0, 0.1) is 0 Å². The van der Waals surface area contributed by atoms with Gasteiger partial charge in [-0.15, -0.1) is 0 Å². The summed E-state index contributed by atoms with van der Waals surface area (Å²) in [7, 11) is 0. The molecule has 0 bridgehead atoms. The molecule has 0 spiro atoms. The highest BCUT2D eigenvalue weighted by Gasteiger charge is 2.18. The van der Waals surface area contributed by atoms with Gasteiger partial charge in [0.25, 0.3) is 0 Å². The molecule has 2 aromatic heterocycles. The fourth-order valence-electron chi connectivity index (χ4n) is 7.94. The normalized spacial score (nSPS) is 11.5. The number of benzene rings is 9. The summed E-state index contributed by atoms with van der Waals surface area (Å²) in [5.74, 6) is 2.45. The first-order valence-electron chi connectivity index (χ1n) is 19.0. The molecule has 11 aromatic rings. The molecule has 0 N–H and O–H groups in total. The maximum Gasteiger partial charge on any atom is 0.227 e. The molecule has 0 amide bonds. The van der Waals surface area contributed by atoms with Crippen LogP contribution in [0.3, 0.4) is 0 Å². The Morgan fingerprint density at radius 1 is 0.316 bits per heavy atom. The van der Waals surface area contributed by atoms with Crippen molar-refractivity contribution in [2.24, 2.45) is 0 Å². The average Bonchev–Trinajstić information content (AvgIpc) is 3.74. The molecule has 0 atom stereocenters. The third-order valence-corrected chi connectivity index (χ3v) is 10.8. The van der Waals surface area contributed by atoms with Gasteiger partial charge in [-0.05, 0) is 73.5 Å². The van der Waals surface area contributed by atoms with Gasteiger partial charge in [0.05, 0.1) is 0 Å². The molecule has 0 saturated heterocycles. The predicted octanol–water partition coefficient (Wildman–Crippen LogP) is 13.5. The molecular weight excluding hydrogens is 697 g/mol. The first-order valence-corrected chi connectivity index (χ1v) is 19.0. The zero-order valence-electron chi connectivity index (χ0n) is 30.7. The summed E-state index contributed by atoms with van der Waals surface area (Å²) in [5.41, 5.74) is 9.60. The van der Waals surface area contributed by atoms with E-state index in [0.717, 1.165) is 71.8 Å². The molecule has 2 heterocycles. The summed E-state index contributed by atoms with van der Waals surface area (Å²) in [4.78, 5) is 20.4. The Morgan fingerprint density at radius 2 is 0.860 bits per heavy atom. The maximum atomic E-state index is 6.49. The zero-order valence-corrected chi connectivity index (χ0v) is 30.7. The van der Waals surface area contributed by atoms with Crippen molar-refractivity contribution in [2.45, 2.75) is 0 Å². The van der Waals surface area contributed by atoms with Crippen molar-refractivity contribution in [2.75, 3.05) is 0 Å². The quantitative estimate of drug-likeness (QED) is 0.160.